The number of halogens is 1. The third-order valence-electron chi connectivity index (χ3n) is 4.26. The van der Waals surface area contributed by atoms with E-state index in [0.29, 0.717) is 28.1 Å². The molecule has 1 saturated carbocycles. The summed E-state index contributed by atoms with van der Waals surface area (Å²) in [7, 11) is 0. The van der Waals surface area contributed by atoms with E-state index in [1.807, 2.05) is 6.07 Å². The molecule has 1 amide bonds. The highest BCUT2D eigenvalue weighted by Gasteiger charge is 2.30. The summed E-state index contributed by atoms with van der Waals surface area (Å²) in [6, 6.07) is 6.81. The highest BCUT2D eigenvalue weighted by molar-refractivity contribution is 5.98. The van der Waals surface area contributed by atoms with Crippen molar-refractivity contribution in [2.75, 3.05) is 11.1 Å². The molecule has 0 atom stereocenters. The molecule has 0 bridgehead atoms. The molecular formula is C19H16FN5O. The molecule has 0 unspecified atom stereocenters. The average molecular weight is 349 g/mol. The first-order valence-electron chi connectivity index (χ1n) is 8.25. The van der Waals surface area contributed by atoms with Crippen molar-refractivity contribution in [2.45, 2.75) is 12.8 Å². The van der Waals surface area contributed by atoms with Gasteiger partial charge in [0.15, 0.2) is 0 Å². The first-order chi connectivity index (χ1) is 12.6. The lowest BCUT2D eigenvalue weighted by molar-refractivity contribution is -0.117. The largest absolute Gasteiger partial charge is 0.382 e. The lowest BCUT2D eigenvalue weighted by Gasteiger charge is -2.15. The Bertz CT molecular complexity index is 973. The molecule has 3 aromatic rings. The van der Waals surface area contributed by atoms with E-state index < -0.39 is 5.82 Å². The van der Waals surface area contributed by atoms with E-state index in [2.05, 4.69) is 20.3 Å². The number of anilines is 2. The van der Waals surface area contributed by atoms with Gasteiger partial charge in [-0.25, -0.2) is 9.37 Å². The second kappa shape index (κ2) is 6.51. The molecule has 1 fully saturated rings. The first kappa shape index (κ1) is 16.1. The maximum atomic E-state index is 14.4. The van der Waals surface area contributed by atoms with Gasteiger partial charge in [-0.1, -0.05) is 0 Å². The number of hydrogen-bond acceptors (Lipinski definition) is 5. The van der Waals surface area contributed by atoms with Gasteiger partial charge in [0.25, 0.3) is 0 Å². The number of nitrogen functional groups attached to an aromatic ring is 1. The molecular weight excluding hydrogens is 333 g/mol. The fraction of sp³-hybridized carbons (Fsp3) is 0.158. The minimum absolute atomic E-state index is 0.0218. The molecule has 0 saturated heterocycles. The summed E-state index contributed by atoms with van der Waals surface area (Å²) in [4.78, 5) is 24.4. The Labute approximate surface area is 149 Å². The van der Waals surface area contributed by atoms with Gasteiger partial charge in [-0.2, -0.15) is 0 Å². The molecule has 7 heteroatoms. The smallest absolute Gasteiger partial charge is 0.227 e. The molecule has 1 aliphatic rings. The fourth-order valence-electron chi connectivity index (χ4n) is 2.73. The fourth-order valence-corrected chi connectivity index (χ4v) is 2.73. The number of nitrogens with zero attached hydrogens (tertiary/aromatic N) is 3. The second-order valence-electron chi connectivity index (χ2n) is 6.18. The van der Waals surface area contributed by atoms with Crippen molar-refractivity contribution >= 4 is 17.4 Å². The number of hydrogen-bond donors (Lipinski definition) is 2. The molecule has 0 aliphatic heterocycles. The van der Waals surface area contributed by atoms with Crippen LogP contribution in [0.5, 0.6) is 0 Å². The van der Waals surface area contributed by atoms with Gasteiger partial charge in [-0.05, 0) is 37.1 Å². The summed E-state index contributed by atoms with van der Waals surface area (Å²) in [5.74, 6) is -0.373. The lowest BCUT2D eigenvalue weighted by Crippen LogP contribution is -2.15. The number of amides is 1. The summed E-state index contributed by atoms with van der Waals surface area (Å²) >= 11 is 0. The van der Waals surface area contributed by atoms with Gasteiger partial charge in [0.2, 0.25) is 5.91 Å². The zero-order valence-corrected chi connectivity index (χ0v) is 13.8. The molecule has 6 nitrogen and oxygen atoms in total. The van der Waals surface area contributed by atoms with Gasteiger partial charge in [-0.3, -0.25) is 14.8 Å². The van der Waals surface area contributed by atoms with E-state index >= 15 is 0 Å². The lowest BCUT2D eigenvalue weighted by atomic mass is 10.00. The third kappa shape index (κ3) is 3.11. The zero-order valence-electron chi connectivity index (χ0n) is 13.8. The number of rotatable bonds is 4. The third-order valence-corrected chi connectivity index (χ3v) is 4.26. The van der Waals surface area contributed by atoms with Gasteiger partial charge < -0.3 is 11.1 Å². The van der Waals surface area contributed by atoms with E-state index in [9.17, 15) is 9.18 Å². The van der Waals surface area contributed by atoms with Gasteiger partial charge in [0.05, 0.1) is 17.6 Å². The van der Waals surface area contributed by atoms with Gasteiger partial charge >= 0.3 is 0 Å². The van der Waals surface area contributed by atoms with Crippen molar-refractivity contribution in [1.29, 1.82) is 0 Å². The van der Waals surface area contributed by atoms with Crippen LogP contribution < -0.4 is 11.1 Å². The maximum absolute atomic E-state index is 14.4. The number of carbonyl (C=O) groups is 1. The SMILES string of the molecule is Nc1nc(-c2cccnc2)c(-c2ccncc2F)cc1NC(=O)C1CC1. The van der Waals surface area contributed by atoms with Crippen molar-refractivity contribution in [3.05, 3.63) is 54.9 Å². The van der Waals surface area contributed by atoms with Crippen molar-refractivity contribution in [3.8, 4) is 22.4 Å². The molecule has 26 heavy (non-hydrogen) atoms. The van der Waals surface area contributed by atoms with Crippen LogP contribution in [0.3, 0.4) is 0 Å². The monoisotopic (exact) mass is 349 g/mol. The van der Waals surface area contributed by atoms with E-state index in [-0.39, 0.29) is 17.6 Å². The van der Waals surface area contributed by atoms with Crippen LogP contribution in [0.15, 0.2) is 49.1 Å². The number of carbonyl (C=O) groups excluding carboxylic acids is 1. The first-order valence-corrected chi connectivity index (χ1v) is 8.25. The molecule has 0 spiro atoms. The van der Waals surface area contributed by atoms with Crippen molar-refractivity contribution in [2.24, 2.45) is 5.92 Å². The van der Waals surface area contributed by atoms with Crippen LogP contribution in [0.4, 0.5) is 15.9 Å². The summed E-state index contributed by atoms with van der Waals surface area (Å²) in [6.07, 6.45) is 7.67. The normalized spacial score (nSPS) is 13.4. The predicted octanol–water partition coefficient (Wildman–Crippen LogP) is 3.28. The summed E-state index contributed by atoms with van der Waals surface area (Å²) < 4.78 is 14.4. The minimum atomic E-state index is -0.483. The van der Waals surface area contributed by atoms with Crippen LogP contribution in [0.25, 0.3) is 22.4 Å². The van der Waals surface area contributed by atoms with Crippen LogP contribution in [0.1, 0.15) is 12.8 Å². The Morgan fingerprint density at radius 1 is 1.15 bits per heavy atom. The minimum Gasteiger partial charge on any atom is -0.382 e. The van der Waals surface area contributed by atoms with Gasteiger partial charge in [0.1, 0.15) is 11.6 Å². The average Bonchev–Trinajstić information content (AvgIpc) is 3.50. The Hall–Kier alpha value is -3.35. The van der Waals surface area contributed by atoms with Gasteiger partial charge in [0, 0.05) is 41.2 Å². The number of pyridine rings is 3. The Balaban J connectivity index is 1.87. The topological polar surface area (TPSA) is 93.8 Å². The summed E-state index contributed by atoms with van der Waals surface area (Å²) in [5.41, 5.74) is 8.47. The number of nitrogens with two attached hydrogens (primary N) is 1. The van der Waals surface area contributed by atoms with Gasteiger partial charge in [-0.15, -0.1) is 0 Å². The molecule has 0 radical (unpaired) electrons. The van der Waals surface area contributed by atoms with Crippen molar-refractivity contribution in [3.63, 3.8) is 0 Å². The Morgan fingerprint density at radius 3 is 2.65 bits per heavy atom. The van der Waals surface area contributed by atoms with E-state index in [0.717, 1.165) is 19.0 Å². The van der Waals surface area contributed by atoms with E-state index in [4.69, 9.17) is 5.73 Å². The second-order valence-corrected chi connectivity index (χ2v) is 6.18. The molecule has 4 rings (SSSR count). The Morgan fingerprint density at radius 2 is 1.96 bits per heavy atom. The molecule has 0 aromatic carbocycles. The summed E-state index contributed by atoms with van der Waals surface area (Å²) in [6.45, 7) is 0. The molecule has 1 aliphatic carbocycles. The predicted molar refractivity (Wildman–Crippen MR) is 96.4 cm³/mol. The van der Waals surface area contributed by atoms with Crippen LogP contribution >= 0.6 is 0 Å². The van der Waals surface area contributed by atoms with Crippen LogP contribution in [-0.4, -0.2) is 20.9 Å². The highest BCUT2D eigenvalue weighted by Crippen LogP contribution is 2.37. The molecule has 3 aromatic heterocycles. The molecule has 3 N–H and O–H groups in total. The van der Waals surface area contributed by atoms with E-state index in [1.165, 1.54) is 6.20 Å². The Kier molecular flexibility index (Phi) is 4.04. The van der Waals surface area contributed by atoms with Crippen LogP contribution in [0.2, 0.25) is 0 Å². The number of aromatic nitrogens is 3. The summed E-state index contributed by atoms with van der Waals surface area (Å²) in [5, 5.41) is 2.80. The van der Waals surface area contributed by atoms with Crippen molar-refractivity contribution in [1.82, 2.24) is 15.0 Å². The molecule has 130 valence electrons. The van der Waals surface area contributed by atoms with E-state index in [1.54, 1.807) is 30.6 Å². The van der Waals surface area contributed by atoms with Crippen LogP contribution in [-0.2, 0) is 4.79 Å². The standard InChI is InChI=1S/C19H16FN5O/c20-15-10-23-7-5-13(15)14-8-16(24-19(26)11-3-4-11)18(21)25-17(14)12-2-1-6-22-9-12/h1-2,5-11H,3-4H2,(H2,21,25)(H,24,26). The number of nitrogens with one attached hydrogen (secondary N) is 1. The zero-order chi connectivity index (χ0) is 18.1. The maximum Gasteiger partial charge on any atom is 0.227 e. The quantitative estimate of drug-likeness (QED) is 0.754. The van der Waals surface area contributed by atoms with Crippen molar-refractivity contribution < 1.29 is 9.18 Å². The van der Waals surface area contributed by atoms with Crippen LogP contribution in [0, 0.1) is 11.7 Å². The highest BCUT2D eigenvalue weighted by atomic mass is 19.1. The molecule has 3 heterocycles.